The van der Waals surface area contributed by atoms with Gasteiger partial charge in [-0.25, -0.2) is 0 Å². The van der Waals surface area contributed by atoms with Crippen LogP contribution in [-0.4, -0.2) is 17.6 Å². The van der Waals surface area contributed by atoms with Gasteiger partial charge >= 0.3 is 0 Å². The van der Waals surface area contributed by atoms with Gasteiger partial charge in [-0.1, -0.05) is 54.5 Å². The van der Waals surface area contributed by atoms with E-state index in [4.69, 9.17) is 4.52 Å². The number of para-hydroxylation sites is 1. The van der Waals surface area contributed by atoms with Crippen LogP contribution in [0, 0.1) is 0 Å². The van der Waals surface area contributed by atoms with Crippen molar-refractivity contribution in [1.29, 1.82) is 0 Å². The molecule has 3 rings (SSSR count). The number of nitrogens with zero attached hydrogens (tertiary/aromatic N) is 1. The molecule has 2 aromatic carbocycles. The summed E-state index contributed by atoms with van der Waals surface area (Å²) < 4.78 is 5.22. The summed E-state index contributed by atoms with van der Waals surface area (Å²) in [4.78, 5) is 12.1. The van der Waals surface area contributed by atoms with E-state index in [1.54, 1.807) is 0 Å². The lowest BCUT2D eigenvalue weighted by molar-refractivity contribution is -0.120. The molecule has 0 radical (unpaired) electrons. The first-order valence-corrected chi connectivity index (χ1v) is 7.89. The third-order valence-corrected chi connectivity index (χ3v) is 4.05. The van der Waals surface area contributed by atoms with Gasteiger partial charge in [-0.05, 0) is 30.0 Å². The number of carbonyl (C=O) groups excluding carboxylic acids is 1. The van der Waals surface area contributed by atoms with Gasteiger partial charge in [-0.3, -0.25) is 4.79 Å². The summed E-state index contributed by atoms with van der Waals surface area (Å²) in [5.74, 6) is 0.397. The molecular weight excluding hydrogens is 288 g/mol. The van der Waals surface area contributed by atoms with Crippen LogP contribution < -0.4 is 5.32 Å². The Morgan fingerprint density at radius 3 is 2.70 bits per heavy atom. The van der Waals surface area contributed by atoms with Crippen LogP contribution in [0.25, 0.3) is 11.0 Å². The average Bonchev–Trinajstić information content (AvgIpc) is 2.99. The van der Waals surface area contributed by atoms with Crippen LogP contribution in [0.15, 0.2) is 59.1 Å². The molecule has 4 heteroatoms. The Hall–Kier alpha value is -2.62. The molecule has 0 aliphatic carbocycles. The van der Waals surface area contributed by atoms with Crippen LogP contribution in [0.4, 0.5) is 0 Å². The lowest BCUT2D eigenvalue weighted by atomic mass is 9.98. The second-order valence-electron chi connectivity index (χ2n) is 5.75. The number of benzene rings is 2. The van der Waals surface area contributed by atoms with Crippen molar-refractivity contribution in [2.45, 2.75) is 25.7 Å². The van der Waals surface area contributed by atoms with Crippen molar-refractivity contribution in [3.8, 4) is 0 Å². The maximum Gasteiger partial charge on any atom is 0.226 e. The van der Waals surface area contributed by atoms with E-state index in [-0.39, 0.29) is 12.3 Å². The summed E-state index contributed by atoms with van der Waals surface area (Å²) >= 11 is 0. The van der Waals surface area contributed by atoms with Crippen LogP contribution >= 0.6 is 0 Å². The number of hydrogen-bond donors (Lipinski definition) is 1. The molecule has 3 aromatic rings. The Kier molecular flexibility index (Phi) is 4.71. The summed E-state index contributed by atoms with van der Waals surface area (Å²) in [5, 5.41) is 7.86. The molecule has 1 aromatic heterocycles. The third kappa shape index (κ3) is 3.77. The minimum atomic E-state index is -0.0238. The number of nitrogens with one attached hydrogen (secondary N) is 1. The van der Waals surface area contributed by atoms with E-state index in [0.717, 1.165) is 11.8 Å². The molecular formula is C19H20N2O2. The second-order valence-corrected chi connectivity index (χ2v) is 5.75. The first-order chi connectivity index (χ1) is 11.2. The first kappa shape index (κ1) is 15.3. The van der Waals surface area contributed by atoms with Crippen molar-refractivity contribution in [3.05, 3.63) is 65.9 Å². The lowest BCUT2D eigenvalue weighted by Gasteiger charge is -2.12. The topological polar surface area (TPSA) is 55.1 Å². The lowest BCUT2D eigenvalue weighted by Crippen LogP contribution is -2.27. The first-order valence-electron chi connectivity index (χ1n) is 7.89. The van der Waals surface area contributed by atoms with Crippen LogP contribution in [-0.2, 0) is 11.2 Å². The predicted octanol–water partition coefficient (Wildman–Crippen LogP) is 3.68. The van der Waals surface area contributed by atoms with E-state index in [0.29, 0.717) is 23.7 Å². The van der Waals surface area contributed by atoms with E-state index in [2.05, 4.69) is 29.5 Å². The molecule has 0 unspecified atom stereocenters. The monoisotopic (exact) mass is 308 g/mol. The Balaban J connectivity index is 1.50. The molecule has 1 amide bonds. The van der Waals surface area contributed by atoms with E-state index >= 15 is 0 Å². The predicted molar refractivity (Wildman–Crippen MR) is 90.2 cm³/mol. The van der Waals surface area contributed by atoms with Gasteiger partial charge < -0.3 is 9.84 Å². The average molecular weight is 308 g/mol. The minimum absolute atomic E-state index is 0.0238. The maximum atomic E-state index is 12.1. The summed E-state index contributed by atoms with van der Waals surface area (Å²) in [6.45, 7) is 2.83. The molecule has 0 spiro atoms. The van der Waals surface area contributed by atoms with Gasteiger partial charge in [0.15, 0.2) is 5.58 Å². The molecule has 0 aliphatic rings. The fraction of sp³-hybridized carbons (Fsp3) is 0.263. The zero-order valence-corrected chi connectivity index (χ0v) is 13.2. The molecule has 1 heterocycles. The fourth-order valence-corrected chi connectivity index (χ4v) is 2.66. The normalized spacial score (nSPS) is 12.2. The van der Waals surface area contributed by atoms with Gasteiger partial charge in [0.2, 0.25) is 5.91 Å². The SMILES string of the molecule is C[C@@H](CCNC(=O)Cc1noc2ccccc12)c1ccccc1. The Labute approximate surface area is 135 Å². The summed E-state index contributed by atoms with van der Waals surface area (Å²) in [5.41, 5.74) is 2.70. The van der Waals surface area contributed by atoms with Gasteiger partial charge in [0, 0.05) is 11.9 Å². The van der Waals surface area contributed by atoms with Gasteiger partial charge in [-0.15, -0.1) is 0 Å². The van der Waals surface area contributed by atoms with Gasteiger partial charge in [0.1, 0.15) is 5.69 Å². The Morgan fingerprint density at radius 2 is 1.87 bits per heavy atom. The van der Waals surface area contributed by atoms with Gasteiger partial charge in [-0.2, -0.15) is 0 Å². The Morgan fingerprint density at radius 1 is 1.13 bits per heavy atom. The Bertz CT molecular complexity index is 780. The molecule has 23 heavy (non-hydrogen) atoms. The largest absolute Gasteiger partial charge is 0.356 e. The maximum absolute atomic E-state index is 12.1. The molecule has 0 fully saturated rings. The third-order valence-electron chi connectivity index (χ3n) is 4.05. The van der Waals surface area contributed by atoms with E-state index < -0.39 is 0 Å². The highest BCUT2D eigenvalue weighted by Crippen LogP contribution is 2.19. The van der Waals surface area contributed by atoms with E-state index in [1.165, 1.54) is 5.56 Å². The van der Waals surface area contributed by atoms with Crippen LogP contribution in [0.5, 0.6) is 0 Å². The number of aromatic nitrogens is 1. The standard InChI is InChI=1S/C19H20N2O2/c1-14(15-7-3-2-4-8-15)11-12-20-19(22)13-17-16-9-5-6-10-18(16)23-21-17/h2-10,14H,11-13H2,1H3,(H,20,22)/t14-/m0/s1. The summed E-state index contributed by atoms with van der Waals surface area (Å²) in [6.07, 6.45) is 1.16. The van der Waals surface area contributed by atoms with Crippen molar-refractivity contribution in [2.75, 3.05) is 6.54 Å². The molecule has 0 saturated heterocycles. The minimum Gasteiger partial charge on any atom is -0.356 e. The quantitative estimate of drug-likeness (QED) is 0.755. The van der Waals surface area contributed by atoms with Crippen molar-refractivity contribution in [1.82, 2.24) is 10.5 Å². The second kappa shape index (κ2) is 7.09. The fourth-order valence-electron chi connectivity index (χ4n) is 2.66. The van der Waals surface area contributed by atoms with Crippen LogP contribution in [0.3, 0.4) is 0 Å². The highest BCUT2D eigenvalue weighted by atomic mass is 16.5. The summed E-state index contributed by atoms with van der Waals surface area (Å²) in [6, 6.07) is 17.9. The van der Waals surface area contributed by atoms with E-state index in [1.807, 2.05) is 42.5 Å². The molecule has 118 valence electrons. The zero-order valence-electron chi connectivity index (χ0n) is 13.2. The van der Waals surface area contributed by atoms with Crippen molar-refractivity contribution >= 4 is 16.9 Å². The number of rotatable bonds is 6. The number of fused-ring (bicyclic) bond motifs is 1. The molecule has 4 nitrogen and oxygen atoms in total. The molecule has 0 aliphatic heterocycles. The highest BCUT2D eigenvalue weighted by molar-refractivity contribution is 5.86. The number of hydrogen-bond acceptors (Lipinski definition) is 3. The molecule has 1 N–H and O–H groups in total. The van der Waals surface area contributed by atoms with E-state index in [9.17, 15) is 4.79 Å². The van der Waals surface area contributed by atoms with Gasteiger partial charge in [0.05, 0.1) is 6.42 Å². The van der Waals surface area contributed by atoms with Crippen LogP contribution in [0.1, 0.15) is 30.5 Å². The highest BCUT2D eigenvalue weighted by Gasteiger charge is 2.12. The van der Waals surface area contributed by atoms with Crippen molar-refractivity contribution < 1.29 is 9.32 Å². The number of amides is 1. The van der Waals surface area contributed by atoms with Crippen molar-refractivity contribution in [3.63, 3.8) is 0 Å². The molecule has 0 saturated carbocycles. The van der Waals surface area contributed by atoms with Gasteiger partial charge in [0.25, 0.3) is 0 Å². The number of carbonyl (C=O) groups is 1. The van der Waals surface area contributed by atoms with Crippen LogP contribution in [0.2, 0.25) is 0 Å². The molecule has 1 atom stereocenters. The smallest absolute Gasteiger partial charge is 0.226 e. The zero-order chi connectivity index (χ0) is 16.1. The van der Waals surface area contributed by atoms with Crippen molar-refractivity contribution in [2.24, 2.45) is 0 Å². The summed E-state index contributed by atoms with van der Waals surface area (Å²) in [7, 11) is 0. The molecule has 0 bridgehead atoms.